The fraction of sp³-hybridized carbons (Fsp3) is 0.600. The first-order valence-electron chi connectivity index (χ1n) is 9.18. The number of rotatable bonds is 5. The van der Waals surface area contributed by atoms with Gasteiger partial charge in [-0.2, -0.15) is 0 Å². The van der Waals surface area contributed by atoms with Crippen molar-refractivity contribution >= 4 is 28.8 Å². The number of nitrogens with zero attached hydrogens (tertiary/aromatic N) is 1. The first kappa shape index (κ1) is 17.7. The number of esters is 1. The van der Waals surface area contributed by atoms with Crippen LogP contribution in [-0.2, 0) is 9.53 Å². The smallest absolute Gasteiger partial charge is 0.316 e. The third-order valence-electron chi connectivity index (χ3n) is 6.87. The number of nitrogens with one attached hydrogen (secondary N) is 1. The molecule has 0 radical (unpaired) electrons. The average Bonchev–Trinajstić information content (AvgIpc) is 3.16. The van der Waals surface area contributed by atoms with Crippen molar-refractivity contribution < 1.29 is 14.3 Å². The van der Waals surface area contributed by atoms with E-state index in [-0.39, 0.29) is 23.2 Å². The topological polar surface area (TPSA) is 64.2 Å². The summed E-state index contributed by atoms with van der Waals surface area (Å²) in [6.07, 6.45) is 3.47. The van der Waals surface area contributed by atoms with Crippen molar-refractivity contribution in [3.63, 3.8) is 0 Å². The Labute approximate surface area is 158 Å². The zero-order valence-corrected chi connectivity index (χ0v) is 16.6. The summed E-state index contributed by atoms with van der Waals surface area (Å²) in [5.74, 6) is 1.40. The highest BCUT2D eigenvalue weighted by molar-refractivity contribution is 7.99. The van der Waals surface area contributed by atoms with Crippen LogP contribution in [0.3, 0.4) is 0 Å². The first-order valence-corrected chi connectivity index (χ1v) is 10.2. The molecule has 0 amide bonds. The molecular weight excluding hydrogens is 348 g/mol. The maximum atomic E-state index is 12.4. The summed E-state index contributed by atoms with van der Waals surface area (Å²) in [4.78, 5) is 20.1. The van der Waals surface area contributed by atoms with Gasteiger partial charge in [0.25, 0.3) is 0 Å². The SMILES string of the molecule is COc1ccc2nc(SCC(=O)O[C@@H]3C[C@@]4(C)CC[C@H]3C4(C)C)[nH]c2c1. The third kappa shape index (κ3) is 2.79. The van der Waals surface area contributed by atoms with Crippen molar-refractivity contribution in [1.29, 1.82) is 0 Å². The molecule has 26 heavy (non-hydrogen) atoms. The molecule has 0 saturated heterocycles. The fourth-order valence-corrected chi connectivity index (χ4v) is 5.49. The number of methoxy groups -OCH3 is 1. The van der Waals surface area contributed by atoms with Gasteiger partial charge in [-0.05, 0) is 42.2 Å². The van der Waals surface area contributed by atoms with E-state index in [2.05, 4.69) is 30.7 Å². The highest BCUT2D eigenvalue weighted by atomic mass is 32.2. The molecule has 140 valence electrons. The number of fused-ring (bicyclic) bond motifs is 3. The minimum atomic E-state index is -0.148. The van der Waals surface area contributed by atoms with Crippen LogP contribution in [-0.4, -0.2) is 34.9 Å². The lowest BCUT2D eigenvalue weighted by atomic mass is 9.71. The lowest BCUT2D eigenvalue weighted by molar-refractivity contribution is -0.148. The van der Waals surface area contributed by atoms with Gasteiger partial charge in [0, 0.05) is 12.0 Å². The van der Waals surface area contributed by atoms with Crippen LogP contribution >= 0.6 is 11.8 Å². The summed E-state index contributed by atoms with van der Waals surface area (Å²) in [5, 5.41) is 0.727. The monoisotopic (exact) mass is 374 g/mol. The van der Waals surface area contributed by atoms with Gasteiger partial charge in [-0.25, -0.2) is 4.98 Å². The van der Waals surface area contributed by atoms with Gasteiger partial charge in [-0.15, -0.1) is 0 Å². The van der Waals surface area contributed by atoms with E-state index >= 15 is 0 Å². The predicted molar refractivity (Wildman–Crippen MR) is 102 cm³/mol. The van der Waals surface area contributed by atoms with E-state index in [9.17, 15) is 4.79 Å². The van der Waals surface area contributed by atoms with E-state index in [1.165, 1.54) is 24.6 Å². The van der Waals surface area contributed by atoms with E-state index in [0.29, 0.717) is 11.3 Å². The number of thioether (sulfide) groups is 1. The maximum Gasteiger partial charge on any atom is 0.316 e. The number of hydrogen-bond donors (Lipinski definition) is 1. The number of carbonyl (C=O) groups is 1. The molecule has 3 atom stereocenters. The van der Waals surface area contributed by atoms with Crippen LogP contribution in [0.15, 0.2) is 23.4 Å². The molecule has 2 saturated carbocycles. The van der Waals surface area contributed by atoms with Crippen LogP contribution in [0, 0.1) is 16.7 Å². The van der Waals surface area contributed by atoms with Crippen LogP contribution in [0.2, 0.25) is 0 Å². The van der Waals surface area contributed by atoms with Gasteiger partial charge in [0.1, 0.15) is 11.9 Å². The molecule has 2 aliphatic carbocycles. The van der Waals surface area contributed by atoms with Gasteiger partial charge in [0.2, 0.25) is 0 Å². The zero-order valence-electron chi connectivity index (χ0n) is 15.8. The molecule has 0 aliphatic heterocycles. The van der Waals surface area contributed by atoms with Gasteiger partial charge < -0.3 is 14.5 Å². The number of imidazole rings is 1. The molecule has 1 heterocycles. The summed E-state index contributed by atoms with van der Waals surface area (Å²) < 4.78 is 11.1. The number of carbonyl (C=O) groups excluding carboxylic acids is 1. The van der Waals surface area contributed by atoms with E-state index in [1.807, 2.05) is 18.2 Å². The minimum absolute atomic E-state index is 0.0665. The van der Waals surface area contributed by atoms with Crippen molar-refractivity contribution in [1.82, 2.24) is 9.97 Å². The van der Waals surface area contributed by atoms with Crippen molar-refractivity contribution in [2.75, 3.05) is 12.9 Å². The van der Waals surface area contributed by atoms with Gasteiger partial charge >= 0.3 is 5.97 Å². The Kier molecular flexibility index (Phi) is 4.21. The Morgan fingerprint density at radius 1 is 1.38 bits per heavy atom. The number of aromatic nitrogens is 2. The number of ether oxygens (including phenoxy) is 2. The molecule has 0 unspecified atom stereocenters. The van der Waals surface area contributed by atoms with Crippen molar-refractivity contribution in [2.24, 2.45) is 16.7 Å². The largest absolute Gasteiger partial charge is 0.497 e. The fourth-order valence-electron chi connectivity index (χ4n) is 4.82. The van der Waals surface area contributed by atoms with E-state index < -0.39 is 0 Å². The molecular formula is C20H26N2O3S. The second-order valence-electron chi connectivity index (χ2n) is 8.37. The number of benzene rings is 1. The summed E-state index contributed by atoms with van der Waals surface area (Å²) in [7, 11) is 1.64. The summed E-state index contributed by atoms with van der Waals surface area (Å²) in [5.41, 5.74) is 2.32. The second kappa shape index (κ2) is 6.19. The lowest BCUT2D eigenvalue weighted by Crippen LogP contribution is -2.28. The molecule has 2 fully saturated rings. The Morgan fingerprint density at radius 3 is 2.85 bits per heavy atom. The van der Waals surface area contributed by atoms with Crippen molar-refractivity contribution in [3.8, 4) is 5.75 Å². The molecule has 1 aromatic carbocycles. The summed E-state index contributed by atoms with van der Waals surface area (Å²) >= 11 is 1.39. The molecule has 5 nitrogen and oxygen atoms in total. The second-order valence-corrected chi connectivity index (χ2v) is 9.34. The minimum Gasteiger partial charge on any atom is -0.497 e. The Hall–Kier alpha value is -1.69. The third-order valence-corrected chi connectivity index (χ3v) is 7.71. The molecule has 1 N–H and O–H groups in total. The average molecular weight is 375 g/mol. The number of H-pyrrole nitrogens is 1. The van der Waals surface area contributed by atoms with E-state index in [4.69, 9.17) is 9.47 Å². The van der Waals surface area contributed by atoms with Gasteiger partial charge in [0.15, 0.2) is 5.16 Å². The molecule has 2 aliphatic rings. The van der Waals surface area contributed by atoms with Crippen LogP contribution in [0.1, 0.15) is 40.0 Å². The molecule has 2 aromatic rings. The normalized spacial score (nSPS) is 29.2. The Bertz CT molecular complexity index is 844. The molecule has 4 rings (SSSR count). The van der Waals surface area contributed by atoms with Crippen molar-refractivity contribution in [2.45, 2.75) is 51.3 Å². The van der Waals surface area contributed by atoms with E-state index in [0.717, 1.165) is 28.4 Å². The predicted octanol–water partition coefficient (Wildman–Crippen LogP) is 4.42. The van der Waals surface area contributed by atoms with Crippen molar-refractivity contribution in [3.05, 3.63) is 18.2 Å². The molecule has 6 heteroatoms. The van der Waals surface area contributed by atoms with Gasteiger partial charge in [-0.3, -0.25) is 4.79 Å². The Morgan fingerprint density at radius 2 is 2.19 bits per heavy atom. The quantitative estimate of drug-likeness (QED) is 0.620. The first-order chi connectivity index (χ1) is 12.3. The highest BCUT2D eigenvalue weighted by Gasteiger charge is 2.61. The van der Waals surface area contributed by atoms with Crippen LogP contribution in [0.4, 0.5) is 0 Å². The standard InChI is InChI=1S/C20H26N2O3S/c1-19(2)13-7-8-20(19,3)10-16(13)25-17(23)11-26-18-21-14-6-5-12(24-4)9-15(14)22-18/h5-6,9,13,16H,7-8,10-11H2,1-4H3,(H,21,22)/t13-,16-,20-/m1/s1. The molecule has 1 aromatic heterocycles. The van der Waals surface area contributed by atoms with E-state index in [1.54, 1.807) is 7.11 Å². The zero-order chi connectivity index (χ0) is 18.5. The molecule has 0 spiro atoms. The lowest BCUT2D eigenvalue weighted by Gasteiger charge is -2.33. The van der Waals surface area contributed by atoms with Gasteiger partial charge in [0.05, 0.1) is 23.9 Å². The Balaban J connectivity index is 1.36. The number of hydrogen-bond acceptors (Lipinski definition) is 5. The summed E-state index contributed by atoms with van der Waals surface area (Å²) in [6.45, 7) is 7.00. The maximum absolute atomic E-state index is 12.4. The summed E-state index contributed by atoms with van der Waals surface area (Å²) in [6, 6.07) is 5.69. The molecule has 2 bridgehead atoms. The number of aromatic amines is 1. The van der Waals surface area contributed by atoms with Gasteiger partial charge in [-0.1, -0.05) is 32.5 Å². The van der Waals surface area contributed by atoms with Crippen LogP contribution in [0.25, 0.3) is 11.0 Å². The van der Waals surface area contributed by atoms with Crippen LogP contribution < -0.4 is 4.74 Å². The van der Waals surface area contributed by atoms with Crippen LogP contribution in [0.5, 0.6) is 5.75 Å². The highest BCUT2D eigenvalue weighted by Crippen LogP contribution is 2.66.